The van der Waals surface area contributed by atoms with Gasteiger partial charge in [0.25, 0.3) is 0 Å². The molecular formula is C20H23NO5S. The molecular weight excluding hydrogens is 366 g/mol. The Hall–Kier alpha value is -2.38. The second kappa shape index (κ2) is 8.10. The van der Waals surface area contributed by atoms with Gasteiger partial charge >= 0.3 is 5.97 Å². The van der Waals surface area contributed by atoms with E-state index in [0.29, 0.717) is 30.2 Å². The molecule has 1 heterocycles. The minimum absolute atomic E-state index is 0.122. The summed E-state index contributed by atoms with van der Waals surface area (Å²) in [5.74, 6) is 0.429. The highest BCUT2D eigenvalue weighted by Gasteiger charge is 2.27. The lowest BCUT2D eigenvalue weighted by Gasteiger charge is -2.26. The van der Waals surface area contributed by atoms with Crippen LogP contribution in [-0.4, -0.2) is 38.9 Å². The monoisotopic (exact) mass is 389 g/mol. The number of carbonyl (C=O) groups excluding carboxylic acids is 1. The minimum atomic E-state index is -3.61. The standard InChI is InChI=1S/C20H23NO5S/c1-15-6-11-18(27(23,24)21-12-4-3-5-13-21)14-19(15)20(22)26-17-9-7-16(25-2)8-10-17/h6-11,14H,3-5,12-13H2,1-2H3. The van der Waals surface area contributed by atoms with Crippen LogP contribution in [0, 0.1) is 6.92 Å². The van der Waals surface area contributed by atoms with Gasteiger partial charge in [0.2, 0.25) is 10.0 Å². The first-order chi connectivity index (χ1) is 12.9. The van der Waals surface area contributed by atoms with E-state index in [-0.39, 0.29) is 10.5 Å². The van der Waals surface area contributed by atoms with Crippen LogP contribution in [0.3, 0.4) is 0 Å². The second-order valence-corrected chi connectivity index (χ2v) is 8.44. The van der Waals surface area contributed by atoms with Crippen molar-refractivity contribution in [2.45, 2.75) is 31.1 Å². The van der Waals surface area contributed by atoms with Gasteiger partial charge in [0.05, 0.1) is 17.6 Å². The van der Waals surface area contributed by atoms with E-state index < -0.39 is 16.0 Å². The highest BCUT2D eigenvalue weighted by atomic mass is 32.2. The van der Waals surface area contributed by atoms with Crippen LogP contribution in [0.2, 0.25) is 0 Å². The van der Waals surface area contributed by atoms with Crippen LogP contribution in [0.1, 0.15) is 35.2 Å². The van der Waals surface area contributed by atoms with Gasteiger partial charge in [-0.05, 0) is 61.7 Å². The number of aryl methyl sites for hydroxylation is 1. The Morgan fingerprint density at radius 2 is 1.59 bits per heavy atom. The first kappa shape index (κ1) is 19.4. The third kappa shape index (κ3) is 4.31. The summed E-state index contributed by atoms with van der Waals surface area (Å²) < 4.78 is 37.7. The zero-order valence-corrected chi connectivity index (χ0v) is 16.3. The van der Waals surface area contributed by atoms with Crippen LogP contribution in [0.25, 0.3) is 0 Å². The summed E-state index contributed by atoms with van der Waals surface area (Å²) in [7, 11) is -2.05. The van der Waals surface area contributed by atoms with E-state index in [4.69, 9.17) is 9.47 Å². The number of carbonyl (C=O) groups is 1. The number of rotatable bonds is 5. The molecule has 2 aromatic carbocycles. The Morgan fingerprint density at radius 1 is 0.963 bits per heavy atom. The molecule has 7 heteroatoms. The van der Waals surface area contributed by atoms with E-state index in [9.17, 15) is 13.2 Å². The third-order valence-corrected chi connectivity index (χ3v) is 6.55. The summed E-state index contributed by atoms with van der Waals surface area (Å²) in [4.78, 5) is 12.7. The number of methoxy groups -OCH3 is 1. The molecule has 0 aliphatic carbocycles. The molecule has 1 saturated heterocycles. The van der Waals surface area contributed by atoms with Crippen molar-refractivity contribution >= 4 is 16.0 Å². The number of benzene rings is 2. The molecule has 1 fully saturated rings. The van der Waals surface area contributed by atoms with E-state index in [0.717, 1.165) is 19.3 Å². The number of sulfonamides is 1. The number of piperidine rings is 1. The molecule has 1 aliphatic rings. The smallest absolute Gasteiger partial charge is 0.343 e. The number of hydrogen-bond acceptors (Lipinski definition) is 5. The van der Waals surface area contributed by atoms with Crippen molar-refractivity contribution in [3.8, 4) is 11.5 Å². The van der Waals surface area contributed by atoms with Gasteiger partial charge in [-0.2, -0.15) is 4.31 Å². The van der Waals surface area contributed by atoms with E-state index in [2.05, 4.69) is 0 Å². The van der Waals surface area contributed by atoms with Gasteiger partial charge in [0, 0.05) is 13.1 Å². The number of ether oxygens (including phenoxy) is 2. The SMILES string of the molecule is COc1ccc(OC(=O)c2cc(S(=O)(=O)N3CCCCC3)ccc2C)cc1. The maximum atomic E-state index is 12.9. The number of nitrogens with zero attached hydrogens (tertiary/aromatic N) is 1. The van der Waals surface area contributed by atoms with Gasteiger partial charge in [0.15, 0.2) is 0 Å². The highest BCUT2D eigenvalue weighted by molar-refractivity contribution is 7.89. The Balaban J connectivity index is 1.84. The molecule has 0 bridgehead atoms. The van der Waals surface area contributed by atoms with Crippen LogP contribution < -0.4 is 9.47 Å². The van der Waals surface area contributed by atoms with Crippen molar-refractivity contribution in [1.29, 1.82) is 0 Å². The molecule has 1 aliphatic heterocycles. The topological polar surface area (TPSA) is 72.9 Å². The predicted octanol–water partition coefficient (Wildman–Crippen LogP) is 3.40. The summed E-state index contributed by atoms with van der Waals surface area (Å²) in [6.45, 7) is 2.78. The van der Waals surface area contributed by atoms with Crippen molar-refractivity contribution < 1.29 is 22.7 Å². The number of hydrogen-bond donors (Lipinski definition) is 0. The first-order valence-corrected chi connectivity index (χ1v) is 10.3. The molecule has 0 N–H and O–H groups in total. The van der Waals surface area contributed by atoms with Crippen LogP contribution in [0.5, 0.6) is 11.5 Å². The second-order valence-electron chi connectivity index (χ2n) is 6.51. The van der Waals surface area contributed by atoms with Gasteiger partial charge in [-0.3, -0.25) is 0 Å². The van der Waals surface area contributed by atoms with E-state index >= 15 is 0 Å². The third-order valence-electron chi connectivity index (χ3n) is 4.65. The Labute approximate surface area is 159 Å². The van der Waals surface area contributed by atoms with Crippen LogP contribution in [0.15, 0.2) is 47.4 Å². The maximum Gasteiger partial charge on any atom is 0.343 e. The maximum absolute atomic E-state index is 12.9. The van der Waals surface area contributed by atoms with Crippen molar-refractivity contribution in [2.24, 2.45) is 0 Å². The van der Waals surface area contributed by atoms with Gasteiger partial charge in [0.1, 0.15) is 11.5 Å². The molecule has 3 rings (SSSR count). The fourth-order valence-corrected chi connectivity index (χ4v) is 4.59. The van der Waals surface area contributed by atoms with Gasteiger partial charge < -0.3 is 9.47 Å². The lowest BCUT2D eigenvalue weighted by atomic mass is 10.1. The van der Waals surface area contributed by atoms with Crippen LogP contribution >= 0.6 is 0 Å². The zero-order chi connectivity index (χ0) is 19.4. The summed E-state index contributed by atoms with van der Waals surface area (Å²) >= 11 is 0. The molecule has 2 aromatic rings. The molecule has 27 heavy (non-hydrogen) atoms. The number of esters is 1. The Kier molecular flexibility index (Phi) is 5.82. The molecule has 0 atom stereocenters. The molecule has 0 aromatic heterocycles. The fraction of sp³-hybridized carbons (Fsp3) is 0.350. The molecule has 144 valence electrons. The largest absolute Gasteiger partial charge is 0.497 e. The Bertz CT molecular complexity index is 916. The van der Waals surface area contributed by atoms with Crippen molar-refractivity contribution in [2.75, 3.05) is 20.2 Å². The summed E-state index contributed by atoms with van der Waals surface area (Å²) in [5, 5.41) is 0. The molecule has 0 amide bonds. The van der Waals surface area contributed by atoms with E-state index in [1.54, 1.807) is 50.4 Å². The normalized spacial score (nSPS) is 15.3. The zero-order valence-electron chi connectivity index (χ0n) is 15.5. The first-order valence-electron chi connectivity index (χ1n) is 8.89. The molecule has 0 radical (unpaired) electrons. The van der Waals surface area contributed by atoms with Crippen LogP contribution in [0.4, 0.5) is 0 Å². The Morgan fingerprint density at radius 3 is 2.22 bits per heavy atom. The summed E-state index contributed by atoms with van der Waals surface area (Å²) in [6, 6.07) is 11.2. The van der Waals surface area contributed by atoms with E-state index in [1.165, 1.54) is 10.4 Å². The fourth-order valence-electron chi connectivity index (χ4n) is 3.04. The van der Waals surface area contributed by atoms with Crippen molar-refractivity contribution in [3.05, 3.63) is 53.6 Å². The van der Waals surface area contributed by atoms with Gasteiger partial charge in [-0.25, -0.2) is 13.2 Å². The van der Waals surface area contributed by atoms with Crippen molar-refractivity contribution in [3.63, 3.8) is 0 Å². The lowest BCUT2D eigenvalue weighted by molar-refractivity contribution is 0.0733. The molecule has 6 nitrogen and oxygen atoms in total. The predicted molar refractivity (Wildman–Crippen MR) is 102 cm³/mol. The lowest BCUT2D eigenvalue weighted by Crippen LogP contribution is -2.35. The average molecular weight is 389 g/mol. The van der Waals surface area contributed by atoms with Gasteiger partial charge in [-0.1, -0.05) is 12.5 Å². The average Bonchev–Trinajstić information content (AvgIpc) is 2.69. The van der Waals surface area contributed by atoms with Crippen molar-refractivity contribution in [1.82, 2.24) is 4.31 Å². The quantitative estimate of drug-likeness (QED) is 0.579. The molecule has 0 spiro atoms. The van der Waals surface area contributed by atoms with Crippen LogP contribution in [-0.2, 0) is 10.0 Å². The molecule has 0 saturated carbocycles. The highest BCUT2D eigenvalue weighted by Crippen LogP contribution is 2.24. The summed E-state index contributed by atoms with van der Waals surface area (Å²) in [6.07, 6.45) is 2.76. The molecule has 0 unspecified atom stereocenters. The summed E-state index contributed by atoms with van der Waals surface area (Å²) in [5.41, 5.74) is 0.898. The minimum Gasteiger partial charge on any atom is -0.497 e. The van der Waals surface area contributed by atoms with Gasteiger partial charge in [-0.15, -0.1) is 0 Å². The van der Waals surface area contributed by atoms with E-state index in [1.807, 2.05) is 0 Å².